The largest absolute Gasteiger partial charge is 0.405 e. The summed E-state index contributed by atoms with van der Waals surface area (Å²) < 4.78 is 121. The zero-order valence-electron chi connectivity index (χ0n) is 68.3. The van der Waals surface area contributed by atoms with Gasteiger partial charge in [0.05, 0.1) is 85.9 Å². The van der Waals surface area contributed by atoms with Crippen LogP contribution in [0.3, 0.4) is 0 Å². The van der Waals surface area contributed by atoms with Crippen LogP contribution in [-0.2, 0) is 135 Å². The molecule has 0 radical (unpaired) electrons. The third-order valence-corrected chi connectivity index (χ3v) is 26.9. The van der Waals surface area contributed by atoms with Crippen molar-refractivity contribution < 1.29 is 75.5 Å². The molecule has 0 aromatic heterocycles. The topological polar surface area (TPSA) is 148 Å². The summed E-state index contributed by atoms with van der Waals surface area (Å²) in [5.41, 5.74) is 8.41. The van der Waals surface area contributed by atoms with Crippen molar-refractivity contribution in [2.45, 2.75) is 190 Å². The van der Waals surface area contributed by atoms with E-state index < -0.39 is 105 Å². The summed E-state index contributed by atoms with van der Waals surface area (Å²) in [6.45, 7) is 12.8. The van der Waals surface area contributed by atoms with E-state index >= 15 is 0 Å². The highest BCUT2D eigenvalue weighted by atomic mass is 28.4. The molecule has 3 saturated heterocycles. The Morgan fingerprint density at radius 3 is 0.824 bits per heavy atom. The normalized spacial score (nSPS) is 23.4. The van der Waals surface area contributed by atoms with E-state index in [4.69, 9.17) is 75.5 Å². The first-order valence-electron chi connectivity index (χ1n) is 41.7. The highest BCUT2D eigenvalue weighted by molar-refractivity contribution is 6.99. The van der Waals surface area contributed by atoms with Crippen LogP contribution in [0.4, 0.5) is 0 Å². The average molecular weight is 1620 g/mol. The van der Waals surface area contributed by atoms with Crippen LogP contribution in [0.15, 0.2) is 346 Å². The van der Waals surface area contributed by atoms with E-state index in [1.54, 1.807) is 0 Å². The molecule has 0 unspecified atom stereocenters. The molecule has 14 rings (SSSR count). The van der Waals surface area contributed by atoms with Crippen molar-refractivity contribution in [2.75, 3.05) is 26.4 Å². The quantitative estimate of drug-likeness (QED) is 0.0203. The van der Waals surface area contributed by atoms with Crippen LogP contribution in [0, 0.1) is 0 Å². The van der Waals surface area contributed by atoms with Crippen LogP contribution in [0.1, 0.15) is 83.7 Å². The summed E-state index contributed by atoms with van der Waals surface area (Å²) in [7, 11) is -3.41. The van der Waals surface area contributed by atoms with Crippen molar-refractivity contribution >= 4 is 18.7 Å². The summed E-state index contributed by atoms with van der Waals surface area (Å²) in [6.07, 6.45) is -12.8. The Balaban J connectivity index is 0.962. The third kappa shape index (κ3) is 24.1. The molecular weight excluding hydrogens is 1510 g/mol. The zero-order chi connectivity index (χ0) is 81.5. The van der Waals surface area contributed by atoms with Gasteiger partial charge >= 0.3 is 0 Å². The Morgan fingerprint density at radius 2 is 0.521 bits per heavy atom. The van der Waals surface area contributed by atoms with Gasteiger partial charge in [-0.1, -0.05) is 360 Å². The van der Waals surface area contributed by atoms with E-state index in [1.807, 2.05) is 279 Å². The molecule has 16 nitrogen and oxygen atoms in total. The van der Waals surface area contributed by atoms with E-state index in [1.165, 1.54) is 0 Å². The van der Waals surface area contributed by atoms with Crippen molar-refractivity contribution in [3.05, 3.63) is 396 Å². The second kappa shape index (κ2) is 44.9. The lowest BCUT2D eigenvalue weighted by atomic mass is 9.95. The first-order chi connectivity index (χ1) is 58.6. The fourth-order valence-electron chi connectivity index (χ4n) is 15.8. The smallest absolute Gasteiger partial charge is 0.261 e. The summed E-state index contributed by atoms with van der Waals surface area (Å²) in [5, 5.41) is 1.68. The fourth-order valence-corrected chi connectivity index (χ4v) is 20.4. The molecule has 620 valence electrons. The molecule has 0 spiro atoms. The number of unbranched alkanes of at least 4 members (excludes halogenated alkanes) is 1. The number of rotatable bonds is 43. The molecule has 3 fully saturated rings. The maximum absolute atomic E-state index is 8.20. The van der Waals surface area contributed by atoms with Gasteiger partial charge in [0.2, 0.25) is 0 Å². The Kier molecular flexibility index (Phi) is 32.5. The lowest BCUT2D eigenvalue weighted by Crippen LogP contribution is -2.70. The first-order valence-corrected chi connectivity index (χ1v) is 43.6. The molecule has 3 heterocycles. The zero-order valence-corrected chi connectivity index (χ0v) is 69.3. The van der Waals surface area contributed by atoms with Gasteiger partial charge in [-0.05, 0) is 78.3 Å². The van der Waals surface area contributed by atoms with E-state index in [-0.39, 0.29) is 79.3 Å². The molecule has 3 aliphatic rings. The van der Waals surface area contributed by atoms with Gasteiger partial charge in [0.1, 0.15) is 73.2 Å². The van der Waals surface area contributed by atoms with E-state index in [0.717, 1.165) is 60.4 Å². The van der Waals surface area contributed by atoms with E-state index in [9.17, 15) is 0 Å². The molecule has 0 saturated carbocycles. The minimum Gasteiger partial charge on any atom is -0.405 e. The van der Waals surface area contributed by atoms with Crippen LogP contribution in [-0.4, -0.2) is 127 Å². The minimum atomic E-state index is -3.41. The second-order valence-electron chi connectivity index (χ2n) is 31.4. The van der Waals surface area contributed by atoms with E-state index in [2.05, 4.69) is 88.0 Å². The second-order valence-corrected chi connectivity index (χ2v) is 35.7. The van der Waals surface area contributed by atoms with Crippen LogP contribution in [0.5, 0.6) is 0 Å². The molecule has 15 atom stereocenters. The average Bonchev–Trinajstić information content (AvgIpc) is 0.737. The molecule has 11 aromatic rings. The standard InChI is InChI=1S/C102H112O16Si/c1-5-6-40-63-105-99-97(94(110-70-82-53-30-13-31-54-82)91(107-67-79-47-24-10-25-48-79)87(114-99)73-103-64-76-41-18-7-19-42-76)117-101-98(95(111-71-83-55-32-14-33-56-83)92(108-68-80-49-26-11-27-50-80)89(116-101)75-113-119(102(2,3)4,85-59-36-16-37-60-85)86-61-38-17-39-62-86)118-100-96(112-72-84-57-34-15-35-58-84)93(109-69-81-51-28-12-29-52-81)90(106-66-78-45-22-9-23-46-78)88(115-100)74-104-65-77-43-20-8-21-44-77/h5,7-39,41-62,87-101H,1,6,40,63-75H2,2-4H3/t87-,88-,89-,90-,91-,92-,93+,94+,95+,96+,97+,98+,99+,100-,101-/m1/s1. The van der Waals surface area contributed by atoms with Gasteiger partial charge in [-0.25, -0.2) is 0 Å². The van der Waals surface area contributed by atoms with Crippen LogP contribution >= 0.6 is 0 Å². The van der Waals surface area contributed by atoms with Gasteiger partial charge in [0, 0.05) is 0 Å². The molecule has 17 heteroatoms. The molecule has 0 N–H and O–H groups in total. The molecule has 11 aromatic carbocycles. The van der Waals surface area contributed by atoms with Crippen molar-refractivity contribution in [1.82, 2.24) is 0 Å². The lowest BCUT2D eigenvalue weighted by Gasteiger charge is -2.52. The number of benzene rings is 11. The summed E-state index contributed by atoms with van der Waals surface area (Å²) in [4.78, 5) is 0. The highest BCUT2D eigenvalue weighted by Gasteiger charge is 2.59. The fraction of sp³-hybridized carbons (Fsp3) is 0.333. The third-order valence-electron chi connectivity index (χ3n) is 21.9. The molecule has 3 aliphatic heterocycles. The van der Waals surface area contributed by atoms with Crippen molar-refractivity contribution in [3.8, 4) is 0 Å². The van der Waals surface area contributed by atoms with Gasteiger partial charge in [0.15, 0.2) is 18.9 Å². The molecule has 0 amide bonds. The van der Waals surface area contributed by atoms with Gasteiger partial charge in [0.25, 0.3) is 8.32 Å². The Labute approximate surface area is 703 Å². The van der Waals surface area contributed by atoms with Crippen molar-refractivity contribution in [1.29, 1.82) is 0 Å². The molecular formula is C102H112O16Si. The predicted octanol–water partition coefficient (Wildman–Crippen LogP) is 18.0. The Hall–Kier alpha value is -9.26. The Morgan fingerprint density at radius 1 is 0.277 bits per heavy atom. The van der Waals surface area contributed by atoms with Crippen LogP contribution in [0.25, 0.3) is 0 Å². The molecule has 119 heavy (non-hydrogen) atoms. The monoisotopic (exact) mass is 1620 g/mol. The van der Waals surface area contributed by atoms with Gasteiger partial charge in [-0.15, -0.1) is 6.58 Å². The van der Waals surface area contributed by atoms with Gasteiger partial charge in [-0.3, -0.25) is 0 Å². The van der Waals surface area contributed by atoms with Crippen molar-refractivity contribution in [3.63, 3.8) is 0 Å². The lowest BCUT2D eigenvalue weighted by molar-refractivity contribution is -0.405. The number of ether oxygens (including phenoxy) is 15. The highest BCUT2D eigenvalue weighted by Crippen LogP contribution is 2.43. The van der Waals surface area contributed by atoms with Crippen molar-refractivity contribution in [2.24, 2.45) is 0 Å². The summed E-state index contributed by atoms with van der Waals surface area (Å²) >= 11 is 0. The Bertz CT molecular complexity index is 4590. The minimum absolute atomic E-state index is 0.0237. The number of hydrogen-bond donors (Lipinski definition) is 0. The van der Waals surface area contributed by atoms with Gasteiger partial charge < -0.3 is 75.5 Å². The first kappa shape index (κ1) is 86.1. The van der Waals surface area contributed by atoms with Gasteiger partial charge in [-0.2, -0.15) is 0 Å². The molecule has 0 aliphatic carbocycles. The SMILES string of the molecule is C=CCCCO[C@H]1O[C@H](COCc2ccccc2)[C@@H](OCc2ccccc2)[C@H](OCc2ccccc2)[C@@H]1O[C@H]1O[C@H](CO[Si](c2ccccc2)(c2ccccc2)C(C)(C)C)[C@@H](OCc2ccccc2)[C@H](OCc2ccccc2)[C@@H]1O[C@H]1O[C@H](COCc2ccccc2)[C@@H](OCc2ccccc2)[C@H](OCc2ccccc2)[C@@H]1OCc1ccccc1. The molecule has 0 bridgehead atoms. The number of hydrogen-bond acceptors (Lipinski definition) is 16. The maximum Gasteiger partial charge on any atom is 0.261 e. The number of allylic oxidation sites excluding steroid dienone is 1. The summed E-state index contributed by atoms with van der Waals surface area (Å²) in [6, 6.07) is 112. The van der Waals surface area contributed by atoms with Crippen LogP contribution in [0.2, 0.25) is 5.04 Å². The van der Waals surface area contributed by atoms with Crippen LogP contribution < -0.4 is 10.4 Å². The van der Waals surface area contributed by atoms with E-state index in [0.29, 0.717) is 19.4 Å². The maximum atomic E-state index is 8.20. The predicted molar refractivity (Wildman–Crippen MR) is 462 cm³/mol. The summed E-state index contributed by atoms with van der Waals surface area (Å²) in [5.74, 6) is 0.